The molecule has 1 atom stereocenters. The SMILES string of the molecule is Cc1c(C(=O)N2CCO[C@H](C)C2)sc2ccccc12. The summed E-state index contributed by atoms with van der Waals surface area (Å²) in [5.41, 5.74) is 1.10. The van der Waals surface area contributed by atoms with E-state index in [4.69, 9.17) is 4.74 Å². The number of carbonyl (C=O) groups is 1. The average Bonchev–Trinajstić information content (AvgIpc) is 2.76. The van der Waals surface area contributed by atoms with Crippen molar-refractivity contribution in [1.29, 1.82) is 0 Å². The summed E-state index contributed by atoms with van der Waals surface area (Å²) in [6.45, 7) is 6.06. The van der Waals surface area contributed by atoms with Gasteiger partial charge in [0.2, 0.25) is 0 Å². The van der Waals surface area contributed by atoms with Crippen LogP contribution in [-0.2, 0) is 4.74 Å². The molecule has 0 aliphatic carbocycles. The van der Waals surface area contributed by atoms with E-state index in [0.717, 1.165) is 10.4 Å². The number of fused-ring (bicyclic) bond motifs is 1. The number of amides is 1. The molecule has 0 unspecified atom stereocenters. The van der Waals surface area contributed by atoms with Gasteiger partial charge in [0.1, 0.15) is 0 Å². The normalized spacial score (nSPS) is 19.9. The highest BCUT2D eigenvalue weighted by molar-refractivity contribution is 7.21. The maximum absolute atomic E-state index is 12.6. The van der Waals surface area contributed by atoms with Gasteiger partial charge in [-0.3, -0.25) is 4.79 Å². The van der Waals surface area contributed by atoms with Crippen molar-refractivity contribution in [2.45, 2.75) is 20.0 Å². The van der Waals surface area contributed by atoms with E-state index in [2.05, 4.69) is 12.1 Å². The number of morpholine rings is 1. The lowest BCUT2D eigenvalue weighted by Crippen LogP contribution is -2.44. The molecule has 0 spiro atoms. The Hall–Kier alpha value is -1.39. The van der Waals surface area contributed by atoms with Gasteiger partial charge in [0.05, 0.1) is 17.6 Å². The van der Waals surface area contributed by atoms with E-state index in [1.165, 1.54) is 10.1 Å². The van der Waals surface area contributed by atoms with Crippen molar-refractivity contribution in [3.63, 3.8) is 0 Å². The third kappa shape index (κ3) is 2.26. The first kappa shape index (κ1) is 12.6. The van der Waals surface area contributed by atoms with Gasteiger partial charge in [-0.05, 0) is 30.9 Å². The number of benzene rings is 1. The molecule has 1 aliphatic heterocycles. The summed E-state index contributed by atoms with van der Waals surface area (Å²) < 4.78 is 6.68. The molecule has 1 saturated heterocycles. The van der Waals surface area contributed by atoms with E-state index in [1.54, 1.807) is 11.3 Å². The molecule has 0 N–H and O–H groups in total. The third-order valence-electron chi connectivity index (χ3n) is 3.57. The third-order valence-corrected chi connectivity index (χ3v) is 4.83. The van der Waals surface area contributed by atoms with Crippen LogP contribution in [0.3, 0.4) is 0 Å². The largest absolute Gasteiger partial charge is 0.375 e. The zero-order chi connectivity index (χ0) is 13.4. The molecule has 2 aromatic rings. The van der Waals surface area contributed by atoms with Crippen LogP contribution in [0.15, 0.2) is 24.3 Å². The van der Waals surface area contributed by atoms with Crippen molar-refractivity contribution < 1.29 is 9.53 Å². The molecule has 19 heavy (non-hydrogen) atoms. The summed E-state index contributed by atoms with van der Waals surface area (Å²) in [7, 11) is 0. The summed E-state index contributed by atoms with van der Waals surface area (Å²) in [4.78, 5) is 15.4. The van der Waals surface area contributed by atoms with Gasteiger partial charge in [-0.25, -0.2) is 0 Å². The molecule has 1 aromatic carbocycles. The predicted molar refractivity (Wildman–Crippen MR) is 77.9 cm³/mol. The molecule has 1 aliphatic rings. The number of carbonyl (C=O) groups excluding carboxylic acids is 1. The highest BCUT2D eigenvalue weighted by atomic mass is 32.1. The zero-order valence-electron chi connectivity index (χ0n) is 11.2. The van der Waals surface area contributed by atoms with Crippen LogP contribution >= 0.6 is 11.3 Å². The second kappa shape index (κ2) is 4.94. The molecule has 4 heteroatoms. The smallest absolute Gasteiger partial charge is 0.264 e. The Bertz CT molecular complexity index is 620. The summed E-state index contributed by atoms with van der Waals surface area (Å²) in [5, 5.41) is 1.19. The Morgan fingerprint density at radius 1 is 1.42 bits per heavy atom. The van der Waals surface area contributed by atoms with Gasteiger partial charge in [0.15, 0.2) is 0 Å². The van der Waals surface area contributed by atoms with Crippen molar-refractivity contribution in [1.82, 2.24) is 4.90 Å². The van der Waals surface area contributed by atoms with Crippen LogP contribution in [0.5, 0.6) is 0 Å². The van der Waals surface area contributed by atoms with Gasteiger partial charge in [0, 0.05) is 17.8 Å². The molecule has 1 amide bonds. The van der Waals surface area contributed by atoms with Gasteiger partial charge in [-0.1, -0.05) is 18.2 Å². The minimum absolute atomic E-state index is 0.132. The Morgan fingerprint density at radius 2 is 2.21 bits per heavy atom. The highest BCUT2D eigenvalue weighted by Crippen LogP contribution is 2.31. The van der Waals surface area contributed by atoms with Crippen LogP contribution < -0.4 is 0 Å². The van der Waals surface area contributed by atoms with Crippen molar-refractivity contribution in [2.75, 3.05) is 19.7 Å². The summed E-state index contributed by atoms with van der Waals surface area (Å²) in [6.07, 6.45) is 0.132. The van der Waals surface area contributed by atoms with E-state index in [0.29, 0.717) is 19.7 Å². The van der Waals surface area contributed by atoms with E-state index in [1.807, 2.05) is 30.9 Å². The van der Waals surface area contributed by atoms with Gasteiger partial charge < -0.3 is 9.64 Å². The van der Waals surface area contributed by atoms with E-state index in [-0.39, 0.29) is 12.0 Å². The van der Waals surface area contributed by atoms with Crippen LogP contribution in [0.4, 0.5) is 0 Å². The fourth-order valence-electron chi connectivity index (χ4n) is 2.52. The molecule has 1 fully saturated rings. The van der Waals surface area contributed by atoms with Crippen LogP contribution in [0.1, 0.15) is 22.2 Å². The second-order valence-electron chi connectivity index (χ2n) is 4.98. The first-order valence-corrected chi connectivity index (χ1v) is 7.37. The number of rotatable bonds is 1. The topological polar surface area (TPSA) is 29.5 Å². The predicted octanol–water partition coefficient (Wildman–Crippen LogP) is 3.07. The molecular formula is C15H17NO2S. The number of hydrogen-bond donors (Lipinski definition) is 0. The average molecular weight is 275 g/mol. The standard InChI is InChI=1S/C15H17NO2S/c1-10-9-16(7-8-18-10)15(17)14-11(2)12-5-3-4-6-13(12)19-14/h3-6,10H,7-9H2,1-2H3/t10-/m1/s1. The first-order valence-electron chi connectivity index (χ1n) is 6.56. The van der Waals surface area contributed by atoms with E-state index >= 15 is 0 Å². The Kier molecular flexibility index (Phi) is 3.29. The van der Waals surface area contributed by atoms with Crippen LogP contribution in [0, 0.1) is 6.92 Å². The summed E-state index contributed by atoms with van der Waals surface area (Å²) in [6, 6.07) is 8.20. The van der Waals surface area contributed by atoms with Crippen molar-refractivity contribution in [2.24, 2.45) is 0 Å². The van der Waals surface area contributed by atoms with Crippen molar-refractivity contribution in [3.05, 3.63) is 34.7 Å². The lowest BCUT2D eigenvalue weighted by Gasteiger charge is -2.31. The number of aryl methyl sites for hydroxylation is 1. The maximum Gasteiger partial charge on any atom is 0.264 e. The Morgan fingerprint density at radius 3 is 2.95 bits per heavy atom. The zero-order valence-corrected chi connectivity index (χ0v) is 12.0. The molecule has 100 valence electrons. The fourth-order valence-corrected chi connectivity index (χ4v) is 3.70. The number of nitrogens with zero attached hydrogens (tertiary/aromatic N) is 1. The number of hydrogen-bond acceptors (Lipinski definition) is 3. The van der Waals surface area contributed by atoms with Gasteiger partial charge in [-0.2, -0.15) is 0 Å². The lowest BCUT2D eigenvalue weighted by atomic mass is 10.1. The molecular weight excluding hydrogens is 258 g/mol. The highest BCUT2D eigenvalue weighted by Gasteiger charge is 2.25. The maximum atomic E-state index is 12.6. The van der Waals surface area contributed by atoms with Crippen molar-refractivity contribution >= 4 is 27.3 Å². The minimum Gasteiger partial charge on any atom is -0.375 e. The van der Waals surface area contributed by atoms with Gasteiger partial charge in [-0.15, -0.1) is 11.3 Å². The Labute approximate surface area is 116 Å². The number of ether oxygens (including phenoxy) is 1. The van der Waals surface area contributed by atoms with Crippen molar-refractivity contribution in [3.8, 4) is 0 Å². The van der Waals surface area contributed by atoms with Crippen LogP contribution in [0.2, 0.25) is 0 Å². The summed E-state index contributed by atoms with van der Waals surface area (Å²) in [5.74, 6) is 0.147. The second-order valence-corrected chi connectivity index (χ2v) is 6.04. The molecule has 0 saturated carbocycles. The van der Waals surface area contributed by atoms with E-state index in [9.17, 15) is 4.79 Å². The van der Waals surface area contributed by atoms with Gasteiger partial charge in [0.25, 0.3) is 5.91 Å². The monoisotopic (exact) mass is 275 g/mol. The van der Waals surface area contributed by atoms with Gasteiger partial charge >= 0.3 is 0 Å². The van der Waals surface area contributed by atoms with Crippen LogP contribution in [-0.4, -0.2) is 36.6 Å². The van der Waals surface area contributed by atoms with Crippen LogP contribution in [0.25, 0.3) is 10.1 Å². The quantitative estimate of drug-likeness (QED) is 0.800. The molecule has 0 bridgehead atoms. The molecule has 1 aromatic heterocycles. The molecule has 0 radical (unpaired) electrons. The number of thiophene rings is 1. The minimum atomic E-state index is 0.132. The molecule has 3 rings (SSSR count). The summed E-state index contributed by atoms with van der Waals surface area (Å²) >= 11 is 1.59. The molecule has 3 nitrogen and oxygen atoms in total. The molecule has 2 heterocycles. The lowest BCUT2D eigenvalue weighted by molar-refractivity contribution is -0.0122. The fraction of sp³-hybridized carbons (Fsp3) is 0.400. The van der Waals surface area contributed by atoms with E-state index < -0.39 is 0 Å². The Balaban J connectivity index is 1.95. The first-order chi connectivity index (χ1) is 9.16.